The highest BCUT2D eigenvalue weighted by Gasteiger charge is 2.25. The van der Waals surface area contributed by atoms with Crippen LogP contribution in [-0.2, 0) is 11.3 Å². The second kappa shape index (κ2) is 12.4. The zero-order chi connectivity index (χ0) is 29.8. The van der Waals surface area contributed by atoms with Crippen molar-refractivity contribution in [3.63, 3.8) is 0 Å². The molecular weight excluding hydrogens is 613 g/mol. The van der Waals surface area contributed by atoms with Gasteiger partial charge in [-0.3, -0.25) is 15.0 Å². The predicted molar refractivity (Wildman–Crippen MR) is 140 cm³/mol. The summed E-state index contributed by atoms with van der Waals surface area (Å²) in [4.78, 5) is 42.4. The van der Waals surface area contributed by atoms with E-state index in [9.17, 15) is 23.2 Å². The van der Waals surface area contributed by atoms with Gasteiger partial charge in [0.15, 0.2) is 5.82 Å². The van der Waals surface area contributed by atoms with Gasteiger partial charge >= 0.3 is 6.09 Å². The fourth-order valence-electron chi connectivity index (χ4n) is 3.45. The maximum Gasteiger partial charge on any atom is 0.428 e. The van der Waals surface area contributed by atoms with Crippen LogP contribution in [0.15, 0.2) is 36.5 Å². The van der Waals surface area contributed by atoms with Crippen LogP contribution < -0.4 is 10.7 Å². The molecule has 0 radical (unpaired) electrons. The zero-order valence-electron chi connectivity index (χ0n) is 20.8. The molecule has 0 fully saturated rings. The number of halogens is 5. The minimum Gasteiger partial charge on any atom is -0.452 e. The molecule has 0 saturated carbocycles. The van der Waals surface area contributed by atoms with Crippen LogP contribution >= 0.6 is 34.8 Å². The quantitative estimate of drug-likeness (QED) is 0.290. The Balaban J connectivity index is 1.74. The lowest BCUT2D eigenvalue weighted by Crippen LogP contribution is -2.43. The molecular formula is C22H17Cl3F2N10O4. The van der Waals surface area contributed by atoms with E-state index in [2.05, 4.69) is 41.1 Å². The van der Waals surface area contributed by atoms with Crippen LogP contribution in [0.3, 0.4) is 0 Å². The van der Waals surface area contributed by atoms with Gasteiger partial charge in [0.1, 0.15) is 5.69 Å². The lowest BCUT2D eigenvalue weighted by atomic mass is 10.1. The number of nitrogens with zero attached hydrogens (tertiary/aromatic N) is 8. The molecule has 3 aromatic heterocycles. The Morgan fingerprint density at radius 1 is 1.12 bits per heavy atom. The molecule has 0 spiro atoms. The van der Waals surface area contributed by atoms with Gasteiger partial charge in [-0.15, -0.1) is 5.10 Å². The SMILES string of the molecule is COC(=O)N(C)NC(=O)c1cc(Cl)cc(Cl)c1NC(=O)c1cc(Cn2nnnc2C(F)F)nn1-c1ncccc1Cl. The van der Waals surface area contributed by atoms with E-state index in [-0.39, 0.29) is 50.1 Å². The van der Waals surface area contributed by atoms with E-state index < -0.39 is 30.2 Å². The van der Waals surface area contributed by atoms with Crippen LogP contribution in [0, 0.1) is 0 Å². The molecule has 1 aromatic carbocycles. The van der Waals surface area contributed by atoms with Crippen molar-refractivity contribution >= 4 is 58.4 Å². The third-order valence-electron chi connectivity index (χ3n) is 5.25. The molecule has 2 N–H and O–H groups in total. The Kier molecular flexibility index (Phi) is 8.95. The van der Waals surface area contributed by atoms with Gasteiger partial charge in [0.25, 0.3) is 18.2 Å². The number of pyridine rings is 1. The predicted octanol–water partition coefficient (Wildman–Crippen LogP) is 3.80. The molecule has 0 aliphatic carbocycles. The van der Waals surface area contributed by atoms with Crippen LogP contribution in [0.5, 0.6) is 0 Å². The van der Waals surface area contributed by atoms with Gasteiger partial charge in [-0.25, -0.2) is 32.9 Å². The van der Waals surface area contributed by atoms with Crippen LogP contribution in [0.25, 0.3) is 5.82 Å². The molecule has 4 aromatic rings. The summed E-state index contributed by atoms with van der Waals surface area (Å²) in [5, 5.41) is 17.7. The normalized spacial score (nSPS) is 10.9. The Labute approximate surface area is 244 Å². The number of aromatic nitrogens is 7. The van der Waals surface area contributed by atoms with Crippen LogP contribution in [0.2, 0.25) is 15.1 Å². The van der Waals surface area contributed by atoms with Gasteiger partial charge in [-0.2, -0.15) is 5.10 Å². The molecule has 0 bridgehead atoms. The summed E-state index contributed by atoms with van der Waals surface area (Å²) in [5.41, 5.74) is 1.81. The van der Waals surface area contributed by atoms with E-state index >= 15 is 0 Å². The molecule has 4 rings (SSSR count). The number of amides is 3. The van der Waals surface area contributed by atoms with Crippen molar-refractivity contribution in [3.8, 4) is 5.82 Å². The fraction of sp³-hybridized carbons (Fsp3) is 0.182. The third-order valence-corrected chi connectivity index (χ3v) is 6.07. The minimum atomic E-state index is -2.96. The van der Waals surface area contributed by atoms with Gasteiger partial charge in [-0.1, -0.05) is 34.8 Å². The van der Waals surface area contributed by atoms with Crippen molar-refractivity contribution in [2.75, 3.05) is 19.5 Å². The molecule has 0 unspecified atom stereocenters. The highest BCUT2D eigenvalue weighted by Crippen LogP contribution is 2.31. The molecule has 0 aliphatic heterocycles. The Bertz CT molecular complexity index is 1630. The molecule has 19 heteroatoms. The zero-order valence-corrected chi connectivity index (χ0v) is 23.1. The van der Waals surface area contributed by atoms with Gasteiger partial charge in [0.05, 0.1) is 40.6 Å². The van der Waals surface area contributed by atoms with Gasteiger partial charge in [-0.05, 0) is 40.8 Å². The topological polar surface area (TPSA) is 162 Å². The minimum absolute atomic E-state index is 0.0382. The number of hydrogen-bond donors (Lipinski definition) is 2. The van der Waals surface area contributed by atoms with Gasteiger partial charge in [0, 0.05) is 18.3 Å². The van der Waals surface area contributed by atoms with E-state index in [1.165, 1.54) is 37.5 Å². The Hall–Kier alpha value is -4.41. The van der Waals surface area contributed by atoms with E-state index in [4.69, 9.17) is 34.8 Å². The molecule has 3 amide bonds. The van der Waals surface area contributed by atoms with E-state index in [0.717, 1.165) is 21.5 Å². The number of ether oxygens (including phenoxy) is 1. The number of nitrogens with one attached hydrogen (secondary N) is 2. The van der Waals surface area contributed by atoms with Gasteiger partial charge in [0.2, 0.25) is 5.82 Å². The summed E-state index contributed by atoms with van der Waals surface area (Å²) in [7, 11) is 2.35. The number of tetrazole rings is 1. The highest BCUT2D eigenvalue weighted by molar-refractivity contribution is 6.38. The number of anilines is 1. The molecule has 14 nitrogen and oxygen atoms in total. The van der Waals surface area contributed by atoms with Crippen LogP contribution in [0.1, 0.15) is 38.8 Å². The van der Waals surface area contributed by atoms with Crippen LogP contribution in [-0.4, -0.2) is 72.0 Å². The van der Waals surface area contributed by atoms with Crippen molar-refractivity contribution in [2.45, 2.75) is 13.0 Å². The van der Waals surface area contributed by atoms with Crippen molar-refractivity contribution in [1.29, 1.82) is 0 Å². The number of benzene rings is 1. The highest BCUT2D eigenvalue weighted by atomic mass is 35.5. The fourth-order valence-corrected chi connectivity index (χ4v) is 4.19. The summed E-state index contributed by atoms with van der Waals surface area (Å²) >= 11 is 18.7. The third kappa shape index (κ3) is 6.50. The second-order valence-corrected chi connectivity index (χ2v) is 9.22. The summed E-state index contributed by atoms with van der Waals surface area (Å²) in [5.74, 6) is -2.38. The first-order valence-electron chi connectivity index (χ1n) is 11.2. The van der Waals surface area contributed by atoms with Crippen LogP contribution in [0.4, 0.5) is 19.3 Å². The number of carbonyl (C=O) groups is 3. The number of hydrogen-bond acceptors (Lipinski definition) is 9. The maximum absolute atomic E-state index is 13.6. The van der Waals surface area contributed by atoms with Crippen molar-refractivity contribution < 1.29 is 27.9 Å². The van der Waals surface area contributed by atoms with Crippen molar-refractivity contribution in [1.82, 2.24) is 45.4 Å². The smallest absolute Gasteiger partial charge is 0.428 e. The largest absolute Gasteiger partial charge is 0.452 e. The maximum atomic E-state index is 13.6. The molecule has 0 saturated heterocycles. The molecule has 214 valence electrons. The first-order valence-corrected chi connectivity index (χ1v) is 12.3. The summed E-state index contributed by atoms with van der Waals surface area (Å²) < 4.78 is 33.0. The monoisotopic (exact) mass is 628 g/mol. The lowest BCUT2D eigenvalue weighted by molar-refractivity contribution is 0.0767. The number of methoxy groups -OCH3 is 1. The number of rotatable bonds is 7. The summed E-state index contributed by atoms with van der Waals surface area (Å²) in [6.07, 6.45) is -2.44. The van der Waals surface area contributed by atoms with E-state index in [0.29, 0.717) is 0 Å². The first kappa shape index (κ1) is 29.6. The number of carbonyl (C=O) groups excluding carboxylic acids is 3. The summed E-state index contributed by atoms with van der Waals surface area (Å²) in [6, 6.07) is 6.81. The number of hydrazine groups is 1. The van der Waals surface area contributed by atoms with E-state index in [1.54, 1.807) is 6.07 Å². The van der Waals surface area contributed by atoms with E-state index in [1.807, 2.05) is 0 Å². The standard InChI is InChI=1S/C22H17Cl3F2N10O4/c1-35(22(40)41-2)32-20(38)12-6-10(23)7-14(25)16(12)29-21(39)15-8-11(9-36-19(17(26)27)30-33-34-36)31-37(15)18-13(24)4-3-5-28-18/h3-8,17H,9H2,1-2H3,(H,29,39)(H,32,38). The average molecular weight is 630 g/mol. The molecule has 3 heterocycles. The Morgan fingerprint density at radius 2 is 1.88 bits per heavy atom. The van der Waals surface area contributed by atoms with Gasteiger partial charge < -0.3 is 10.1 Å². The van der Waals surface area contributed by atoms with Crippen molar-refractivity contribution in [3.05, 3.63) is 74.4 Å². The molecule has 0 aliphatic rings. The van der Waals surface area contributed by atoms with Crippen molar-refractivity contribution in [2.24, 2.45) is 0 Å². The second-order valence-electron chi connectivity index (χ2n) is 7.97. The Morgan fingerprint density at radius 3 is 2.56 bits per heavy atom. The molecule has 0 atom stereocenters. The number of alkyl halides is 2. The first-order chi connectivity index (χ1) is 19.5. The summed E-state index contributed by atoms with van der Waals surface area (Å²) in [6.45, 7) is -0.334. The molecule has 41 heavy (non-hydrogen) atoms. The lowest BCUT2D eigenvalue weighted by Gasteiger charge is -2.19. The average Bonchev–Trinajstić information content (AvgIpc) is 3.57.